The van der Waals surface area contributed by atoms with Crippen LogP contribution in [0.4, 0.5) is 5.69 Å². The number of anilines is 1. The summed E-state index contributed by atoms with van der Waals surface area (Å²) in [5, 5.41) is 11.6. The standard InChI is InChI=1S/C14H14N2O5S/c1-21-12-3-2-9-6-14(18)13(5-10(9)4-12)16-7-11(8-17)15-22(16,19)20/h2-6,8,11,15,18H,7H2,1H3. The summed E-state index contributed by atoms with van der Waals surface area (Å²) in [5.41, 5.74) is 0.123. The van der Waals surface area contributed by atoms with Crippen molar-refractivity contribution in [1.29, 1.82) is 0 Å². The average molecular weight is 322 g/mol. The molecule has 22 heavy (non-hydrogen) atoms. The van der Waals surface area contributed by atoms with Gasteiger partial charge in [-0.2, -0.15) is 13.1 Å². The second kappa shape index (κ2) is 5.15. The van der Waals surface area contributed by atoms with Crippen LogP contribution in [0.1, 0.15) is 0 Å². The minimum Gasteiger partial charge on any atom is -0.506 e. The number of carbonyl (C=O) groups is 1. The first-order chi connectivity index (χ1) is 10.4. The summed E-state index contributed by atoms with van der Waals surface area (Å²) in [6, 6.07) is 7.46. The maximum Gasteiger partial charge on any atom is 0.302 e. The van der Waals surface area contributed by atoms with Crippen LogP contribution < -0.4 is 13.8 Å². The molecule has 116 valence electrons. The lowest BCUT2D eigenvalue weighted by Crippen LogP contribution is -2.30. The van der Waals surface area contributed by atoms with E-state index in [-0.39, 0.29) is 18.0 Å². The molecule has 2 aromatic carbocycles. The van der Waals surface area contributed by atoms with Gasteiger partial charge in [0.1, 0.15) is 17.8 Å². The molecule has 0 bridgehead atoms. The van der Waals surface area contributed by atoms with Crippen molar-refractivity contribution in [2.24, 2.45) is 0 Å². The smallest absolute Gasteiger partial charge is 0.302 e. The number of nitrogens with one attached hydrogen (secondary N) is 1. The van der Waals surface area contributed by atoms with Crippen molar-refractivity contribution in [3.63, 3.8) is 0 Å². The first-order valence-electron chi connectivity index (χ1n) is 6.50. The molecule has 0 spiro atoms. The van der Waals surface area contributed by atoms with Gasteiger partial charge in [0.25, 0.3) is 0 Å². The van der Waals surface area contributed by atoms with Crippen LogP contribution >= 0.6 is 0 Å². The van der Waals surface area contributed by atoms with Crippen LogP contribution in [-0.4, -0.2) is 39.5 Å². The van der Waals surface area contributed by atoms with Crippen LogP contribution in [-0.2, 0) is 15.0 Å². The maximum atomic E-state index is 12.1. The van der Waals surface area contributed by atoms with E-state index in [9.17, 15) is 18.3 Å². The van der Waals surface area contributed by atoms with E-state index < -0.39 is 16.3 Å². The fourth-order valence-electron chi connectivity index (χ4n) is 2.45. The Hall–Kier alpha value is -2.32. The van der Waals surface area contributed by atoms with E-state index >= 15 is 0 Å². The summed E-state index contributed by atoms with van der Waals surface area (Å²) in [6.07, 6.45) is 0.526. The highest BCUT2D eigenvalue weighted by atomic mass is 32.2. The van der Waals surface area contributed by atoms with Gasteiger partial charge in [-0.1, -0.05) is 6.07 Å². The Morgan fingerprint density at radius 1 is 1.32 bits per heavy atom. The molecule has 0 amide bonds. The Balaban J connectivity index is 2.14. The molecular formula is C14H14N2O5S. The zero-order valence-electron chi connectivity index (χ0n) is 11.7. The molecular weight excluding hydrogens is 308 g/mol. The van der Waals surface area contributed by atoms with Crippen LogP contribution in [0.2, 0.25) is 0 Å². The number of rotatable bonds is 3. The third kappa shape index (κ3) is 2.36. The number of phenolic OH excluding ortho intramolecular Hbond substituents is 1. The quantitative estimate of drug-likeness (QED) is 0.814. The third-order valence-electron chi connectivity index (χ3n) is 3.53. The number of benzene rings is 2. The number of hydrogen-bond acceptors (Lipinski definition) is 5. The Morgan fingerprint density at radius 2 is 2.09 bits per heavy atom. The van der Waals surface area contributed by atoms with Crippen LogP contribution in [0.25, 0.3) is 10.8 Å². The van der Waals surface area contributed by atoms with E-state index in [0.29, 0.717) is 12.0 Å². The molecule has 2 aromatic rings. The van der Waals surface area contributed by atoms with Gasteiger partial charge in [-0.3, -0.25) is 4.31 Å². The number of aromatic hydroxyl groups is 1. The highest BCUT2D eigenvalue weighted by molar-refractivity contribution is 7.91. The molecule has 1 atom stereocenters. The Bertz CT molecular complexity index is 850. The Morgan fingerprint density at radius 3 is 2.73 bits per heavy atom. The summed E-state index contributed by atoms with van der Waals surface area (Å²) < 4.78 is 32.5. The molecule has 3 rings (SSSR count). The lowest BCUT2D eigenvalue weighted by Gasteiger charge is -2.18. The highest BCUT2D eigenvalue weighted by Crippen LogP contribution is 2.36. The molecule has 8 heteroatoms. The number of methoxy groups -OCH3 is 1. The molecule has 1 aliphatic rings. The lowest BCUT2D eigenvalue weighted by atomic mass is 10.1. The Labute approximate surface area is 127 Å². The van der Waals surface area contributed by atoms with Crippen LogP contribution in [0.3, 0.4) is 0 Å². The first-order valence-corrected chi connectivity index (χ1v) is 7.94. The van der Waals surface area contributed by atoms with E-state index in [4.69, 9.17) is 4.74 Å². The monoisotopic (exact) mass is 322 g/mol. The predicted molar refractivity (Wildman–Crippen MR) is 81.4 cm³/mol. The summed E-state index contributed by atoms with van der Waals surface area (Å²) in [6.45, 7) is -0.0606. The molecule has 1 unspecified atom stereocenters. The van der Waals surface area contributed by atoms with E-state index in [0.717, 1.165) is 15.1 Å². The SMILES string of the molecule is COc1ccc2cc(O)c(N3CC(C=O)NS3(=O)=O)cc2c1. The van der Waals surface area contributed by atoms with E-state index in [1.165, 1.54) is 13.2 Å². The average Bonchev–Trinajstić information content (AvgIpc) is 2.81. The number of ether oxygens (including phenoxy) is 1. The van der Waals surface area contributed by atoms with Crippen molar-refractivity contribution in [3.8, 4) is 11.5 Å². The van der Waals surface area contributed by atoms with Gasteiger partial charge in [0.15, 0.2) is 0 Å². The van der Waals surface area contributed by atoms with Crippen LogP contribution in [0.5, 0.6) is 11.5 Å². The topological polar surface area (TPSA) is 95.9 Å². The molecule has 1 aliphatic heterocycles. The lowest BCUT2D eigenvalue weighted by molar-refractivity contribution is -0.108. The number of nitrogens with zero attached hydrogens (tertiary/aromatic N) is 1. The van der Waals surface area contributed by atoms with Crippen molar-refractivity contribution in [2.75, 3.05) is 18.0 Å². The normalized spacial score (nSPS) is 20.2. The molecule has 2 N–H and O–H groups in total. The van der Waals surface area contributed by atoms with Crippen molar-refractivity contribution in [3.05, 3.63) is 30.3 Å². The molecule has 0 aromatic heterocycles. The zero-order valence-corrected chi connectivity index (χ0v) is 12.5. The zero-order chi connectivity index (χ0) is 15.9. The summed E-state index contributed by atoms with van der Waals surface area (Å²) in [7, 11) is -2.31. The molecule has 7 nitrogen and oxygen atoms in total. The predicted octanol–water partition coefficient (Wildman–Crippen LogP) is 0.776. The van der Waals surface area contributed by atoms with Gasteiger partial charge in [-0.25, -0.2) is 0 Å². The van der Waals surface area contributed by atoms with Crippen LogP contribution in [0.15, 0.2) is 30.3 Å². The van der Waals surface area contributed by atoms with Crippen molar-refractivity contribution >= 4 is 33.0 Å². The van der Waals surface area contributed by atoms with Gasteiger partial charge in [-0.05, 0) is 35.0 Å². The second-order valence-corrected chi connectivity index (χ2v) is 6.58. The molecule has 1 fully saturated rings. The number of phenols is 1. The number of hydrogen-bond donors (Lipinski definition) is 2. The molecule has 0 saturated carbocycles. The highest BCUT2D eigenvalue weighted by Gasteiger charge is 2.36. The molecule has 0 radical (unpaired) electrons. The van der Waals surface area contributed by atoms with Gasteiger partial charge >= 0.3 is 10.2 Å². The van der Waals surface area contributed by atoms with Gasteiger partial charge in [-0.15, -0.1) is 0 Å². The fourth-order valence-corrected chi connectivity index (χ4v) is 3.85. The van der Waals surface area contributed by atoms with Gasteiger partial charge in [0, 0.05) is 0 Å². The molecule has 0 aliphatic carbocycles. The van der Waals surface area contributed by atoms with Gasteiger partial charge in [0.2, 0.25) is 0 Å². The van der Waals surface area contributed by atoms with Crippen molar-refractivity contribution < 1.29 is 23.1 Å². The summed E-state index contributed by atoms with van der Waals surface area (Å²) in [4.78, 5) is 10.8. The summed E-state index contributed by atoms with van der Waals surface area (Å²) >= 11 is 0. The van der Waals surface area contributed by atoms with E-state index in [2.05, 4.69) is 4.72 Å². The maximum absolute atomic E-state index is 12.1. The molecule has 1 saturated heterocycles. The Kier molecular flexibility index (Phi) is 3.42. The van der Waals surface area contributed by atoms with Crippen molar-refractivity contribution in [1.82, 2.24) is 4.72 Å². The van der Waals surface area contributed by atoms with Gasteiger partial charge in [0.05, 0.1) is 25.4 Å². The van der Waals surface area contributed by atoms with Gasteiger partial charge < -0.3 is 14.6 Å². The number of carbonyl (C=O) groups excluding carboxylic acids is 1. The first kappa shape index (κ1) is 14.6. The number of aldehydes is 1. The second-order valence-electron chi connectivity index (χ2n) is 4.95. The number of fused-ring (bicyclic) bond motifs is 1. The minimum absolute atomic E-state index is 0.0606. The summed E-state index contributed by atoms with van der Waals surface area (Å²) in [5.74, 6) is 0.451. The van der Waals surface area contributed by atoms with Crippen molar-refractivity contribution in [2.45, 2.75) is 6.04 Å². The minimum atomic E-state index is -3.85. The third-order valence-corrected chi connectivity index (χ3v) is 5.05. The fraction of sp³-hybridized carbons (Fsp3) is 0.214. The van der Waals surface area contributed by atoms with E-state index in [1.54, 1.807) is 24.3 Å². The van der Waals surface area contributed by atoms with Crippen LogP contribution in [0, 0.1) is 0 Å². The van der Waals surface area contributed by atoms with E-state index in [1.807, 2.05) is 0 Å². The largest absolute Gasteiger partial charge is 0.506 e. The molecule has 1 heterocycles.